The summed E-state index contributed by atoms with van der Waals surface area (Å²) in [7, 11) is 6.32. The zero-order chi connectivity index (χ0) is 56.2. The fourth-order valence-electron chi connectivity index (χ4n) is 9.01. The smallest absolute Gasteiger partial charge is 0.387 e. The normalized spacial score (nSPS) is 13.9. The molecule has 6 heterocycles. The third-order valence-electron chi connectivity index (χ3n) is 13.2. The molecule has 0 spiro atoms. The zero-order valence-electron chi connectivity index (χ0n) is 44.1. The van der Waals surface area contributed by atoms with Gasteiger partial charge < -0.3 is 33.2 Å². The van der Waals surface area contributed by atoms with Gasteiger partial charge in [-0.2, -0.15) is 33.0 Å². The van der Waals surface area contributed by atoms with E-state index in [1.165, 1.54) is 26.4 Å². The summed E-state index contributed by atoms with van der Waals surface area (Å²) in [5.41, 5.74) is 5.75. The van der Waals surface area contributed by atoms with Crippen molar-refractivity contribution in [3.63, 3.8) is 0 Å². The molecule has 6 aromatic heterocycles. The number of Topliss-reactive ketones (excluding diaryl/α,β-unsaturated/α-hetero) is 2. The summed E-state index contributed by atoms with van der Waals surface area (Å²) in [6, 6.07) is 11.6. The highest BCUT2D eigenvalue weighted by Gasteiger charge is 2.32. The van der Waals surface area contributed by atoms with Crippen LogP contribution < -0.4 is 28.4 Å². The van der Waals surface area contributed by atoms with E-state index in [0.29, 0.717) is 56.4 Å². The van der Waals surface area contributed by atoms with Crippen molar-refractivity contribution in [3.05, 3.63) is 97.1 Å². The van der Waals surface area contributed by atoms with E-state index in [1.54, 1.807) is 121 Å². The number of nitrogens with zero attached hydrogens (tertiary/aromatic N) is 9. The van der Waals surface area contributed by atoms with Gasteiger partial charge in [-0.3, -0.25) is 27.8 Å². The Morgan fingerprint density at radius 2 is 1.04 bits per heavy atom. The molecule has 8 aromatic rings. The lowest BCUT2D eigenvalue weighted by atomic mass is 10.00. The monoisotopic (exact) mass is 1090 g/mol. The summed E-state index contributed by atoms with van der Waals surface area (Å²) < 4.78 is 98.0. The molecule has 0 saturated heterocycles. The Morgan fingerprint density at radius 3 is 1.41 bits per heavy atom. The van der Waals surface area contributed by atoms with Crippen LogP contribution in [0.1, 0.15) is 80.0 Å². The van der Waals surface area contributed by atoms with Gasteiger partial charge in [0.2, 0.25) is 0 Å². The first kappa shape index (κ1) is 54.8. The average Bonchev–Trinajstić information content (AvgIpc) is 4.43. The first-order valence-electron chi connectivity index (χ1n) is 25.3. The number of aryl methyl sites for hydroxylation is 2. The molecule has 23 heteroatoms. The summed E-state index contributed by atoms with van der Waals surface area (Å²) in [4.78, 5) is 47.4. The second-order valence-corrected chi connectivity index (χ2v) is 19.1. The molecular formula is C56H55F4N9O10. The number of hydrogen-bond acceptors (Lipinski definition) is 15. The van der Waals surface area contributed by atoms with Crippen molar-refractivity contribution < 1.29 is 65.1 Å². The van der Waals surface area contributed by atoms with E-state index in [4.69, 9.17) is 33.2 Å². The summed E-state index contributed by atoms with van der Waals surface area (Å²) in [6.07, 6.45) is 16.0. The van der Waals surface area contributed by atoms with Gasteiger partial charge in [0, 0.05) is 72.7 Å². The number of benzene rings is 2. The van der Waals surface area contributed by atoms with E-state index in [2.05, 4.69) is 26.2 Å². The molecule has 2 unspecified atom stereocenters. The standard InChI is InChI=1S/C29H30F2N4O6.C27H25F2N5O4/c1-5-39-28(37)16(2)40-25-15-35-21(13-32-26(35)11-20(25)19-12-33-34(3)14-19)18-9-23(38-4)27(22(36)8-17-6-7-17)24(10-18)41-29(30)31;1-15(10-30)37-24-14-34-20(12-31-25(34)9-19(24)18-11-32-33(2)13-18)17-7-22(36-3)26(21(35)6-16-4-5-16)23(8-17)38-27(28)29/h9-17,29H,5-8H2,1-4H3;7-9,11-16,27H,4-6H2,1-3H3. The first-order chi connectivity index (χ1) is 37.9. The minimum atomic E-state index is -3.14. The van der Waals surface area contributed by atoms with Crippen molar-refractivity contribution in [2.75, 3.05) is 20.8 Å². The number of ether oxygens (including phenoxy) is 7. The summed E-state index contributed by atoms with van der Waals surface area (Å²) in [6.45, 7) is -1.14. The van der Waals surface area contributed by atoms with Crippen molar-refractivity contribution >= 4 is 28.8 Å². The summed E-state index contributed by atoms with van der Waals surface area (Å²) in [5, 5.41) is 17.8. The number of rotatable bonds is 22. The third kappa shape index (κ3) is 12.4. The SMILES string of the molecule is CCOC(=O)C(C)Oc1cn2c(-c3cc(OC)c(C(=O)CC4CC4)c(OC(F)F)c3)cnc2cc1-c1cnn(C)c1.COc1cc(-c2cnc3cc(-c4cnn(C)c4)c(OC(C)C#N)cn23)cc(OC(F)F)c1C(=O)CC1CC1. The van der Waals surface area contributed by atoms with Gasteiger partial charge in [0.05, 0.1) is 69.4 Å². The Balaban J connectivity index is 0.000000192. The van der Waals surface area contributed by atoms with Gasteiger partial charge in [-0.1, -0.05) is 0 Å². The zero-order valence-corrected chi connectivity index (χ0v) is 44.1. The number of fused-ring (bicyclic) bond motifs is 2. The number of ketones is 2. The van der Waals surface area contributed by atoms with Crippen molar-refractivity contribution in [3.8, 4) is 85.3 Å². The van der Waals surface area contributed by atoms with Gasteiger partial charge in [-0.15, -0.1) is 0 Å². The van der Waals surface area contributed by atoms with Gasteiger partial charge >= 0.3 is 19.2 Å². The quantitative estimate of drug-likeness (QED) is 0.0351. The maximum atomic E-state index is 13.5. The van der Waals surface area contributed by atoms with Crippen LogP contribution in [-0.2, 0) is 23.6 Å². The number of esters is 1. The molecule has 2 saturated carbocycles. The first-order valence-corrected chi connectivity index (χ1v) is 25.3. The molecule has 0 N–H and O–H groups in total. The van der Waals surface area contributed by atoms with Crippen molar-refractivity contribution in [1.29, 1.82) is 5.26 Å². The number of imidazole rings is 2. The van der Waals surface area contributed by atoms with E-state index in [9.17, 15) is 37.2 Å². The summed E-state index contributed by atoms with van der Waals surface area (Å²) in [5.74, 6) is -0.141. The van der Waals surface area contributed by atoms with Crippen LogP contribution in [0.3, 0.4) is 0 Å². The maximum Gasteiger partial charge on any atom is 0.387 e. The van der Waals surface area contributed by atoms with Crippen LogP contribution in [0.4, 0.5) is 17.6 Å². The Hall–Kier alpha value is -8.94. The van der Waals surface area contributed by atoms with Gasteiger partial charge in [0.25, 0.3) is 0 Å². The Morgan fingerprint density at radius 1 is 0.608 bits per heavy atom. The second kappa shape index (κ2) is 23.3. The van der Waals surface area contributed by atoms with Gasteiger partial charge in [-0.25, -0.2) is 14.8 Å². The van der Waals surface area contributed by atoms with Crippen LogP contribution in [0.2, 0.25) is 0 Å². The number of pyridine rings is 2. The number of carbonyl (C=O) groups excluding carboxylic acids is 3. The van der Waals surface area contributed by atoms with E-state index < -0.39 is 31.4 Å². The highest BCUT2D eigenvalue weighted by atomic mass is 19.3. The van der Waals surface area contributed by atoms with Crippen LogP contribution in [0.15, 0.2) is 86.0 Å². The maximum absolute atomic E-state index is 13.5. The van der Waals surface area contributed by atoms with Gasteiger partial charge in [-0.05, 0) is 94.7 Å². The third-order valence-corrected chi connectivity index (χ3v) is 13.2. The van der Waals surface area contributed by atoms with E-state index in [0.717, 1.165) is 36.8 Å². The predicted molar refractivity (Wildman–Crippen MR) is 278 cm³/mol. The Labute approximate surface area is 450 Å². The molecule has 0 radical (unpaired) electrons. The largest absolute Gasteiger partial charge is 0.496 e. The number of hydrogen-bond donors (Lipinski definition) is 0. The summed E-state index contributed by atoms with van der Waals surface area (Å²) >= 11 is 0. The van der Waals surface area contributed by atoms with Crippen molar-refractivity contribution in [1.82, 2.24) is 38.3 Å². The number of halogens is 4. The van der Waals surface area contributed by atoms with Crippen LogP contribution in [0, 0.1) is 23.2 Å². The second-order valence-electron chi connectivity index (χ2n) is 19.1. The van der Waals surface area contributed by atoms with E-state index in [-0.39, 0.29) is 77.0 Å². The van der Waals surface area contributed by atoms with Gasteiger partial charge in [0.1, 0.15) is 63.0 Å². The van der Waals surface area contributed by atoms with Crippen LogP contribution >= 0.6 is 0 Å². The van der Waals surface area contributed by atoms with Crippen LogP contribution in [-0.4, -0.2) is 102 Å². The van der Waals surface area contributed by atoms with E-state index >= 15 is 0 Å². The lowest BCUT2D eigenvalue weighted by Crippen LogP contribution is -2.26. The predicted octanol–water partition coefficient (Wildman–Crippen LogP) is 10.6. The molecule has 0 amide bonds. The molecule has 412 valence electrons. The fourth-order valence-corrected chi connectivity index (χ4v) is 9.01. The van der Waals surface area contributed by atoms with Gasteiger partial charge in [0.15, 0.2) is 23.8 Å². The number of aromatic nitrogens is 8. The lowest BCUT2D eigenvalue weighted by molar-refractivity contribution is -0.150. The number of nitriles is 1. The van der Waals surface area contributed by atoms with Crippen LogP contribution in [0.5, 0.6) is 34.5 Å². The molecule has 10 rings (SSSR count). The fraction of sp³-hybridized carbons (Fsp3) is 0.357. The molecular weight excluding hydrogens is 1030 g/mol. The highest BCUT2D eigenvalue weighted by Crippen LogP contribution is 2.44. The van der Waals surface area contributed by atoms with Crippen molar-refractivity contribution in [2.24, 2.45) is 25.9 Å². The number of methoxy groups -OCH3 is 2. The minimum Gasteiger partial charge on any atom is -0.496 e. The van der Waals surface area contributed by atoms with Crippen LogP contribution in [0.25, 0.3) is 56.1 Å². The van der Waals surface area contributed by atoms with E-state index in [1.807, 2.05) is 6.20 Å². The molecule has 2 aliphatic rings. The molecule has 79 heavy (non-hydrogen) atoms. The molecule has 19 nitrogen and oxygen atoms in total. The topological polar surface area (TPSA) is 210 Å². The minimum absolute atomic E-state index is 0.00278. The molecule has 2 atom stereocenters. The highest BCUT2D eigenvalue weighted by molar-refractivity contribution is 6.03. The Bertz CT molecular complexity index is 3610. The van der Waals surface area contributed by atoms with Crippen molar-refractivity contribution in [2.45, 2.75) is 84.7 Å². The molecule has 0 aliphatic heterocycles. The molecule has 0 bridgehead atoms. The Kier molecular flexibility index (Phi) is 16.2. The average molecular weight is 1090 g/mol. The molecule has 2 fully saturated rings. The number of alkyl halides is 4. The number of carbonyl (C=O) groups is 3. The lowest BCUT2D eigenvalue weighted by Gasteiger charge is -2.18. The molecule has 2 aromatic carbocycles. The molecule has 2 aliphatic carbocycles.